The Kier molecular flexibility index (Phi) is 34.7. The summed E-state index contributed by atoms with van der Waals surface area (Å²) in [6.07, 6.45) is 22.6. The van der Waals surface area contributed by atoms with Crippen LogP contribution in [0.1, 0.15) is 168 Å². The Labute approximate surface area is 419 Å². The highest BCUT2D eigenvalue weighted by Gasteiger charge is 2.54. The second kappa shape index (κ2) is 35.8. The highest BCUT2D eigenvalue weighted by Crippen LogP contribution is 2.34. The fraction of sp³-hybridized carbons (Fsp3) is 0.860. The summed E-state index contributed by atoms with van der Waals surface area (Å²) in [5, 5.41) is 0. The van der Waals surface area contributed by atoms with Gasteiger partial charge in [-0.3, -0.25) is 0 Å². The van der Waals surface area contributed by atoms with E-state index < -0.39 is 90.8 Å². The summed E-state index contributed by atoms with van der Waals surface area (Å²) in [6, 6.07) is 0. The molecular formula is C43H72Cl6O14S2. The van der Waals surface area contributed by atoms with Gasteiger partial charge in [-0.05, 0) is 25.7 Å². The van der Waals surface area contributed by atoms with Crippen LogP contribution in [0.15, 0.2) is 24.3 Å². The number of allylic oxidation sites excluding steroid dienone is 2. The molecule has 1 fully saturated rings. The number of hydrogen-bond acceptors (Lipinski definition) is 14. The van der Waals surface area contributed by atoms with Crippen LogP contribution in [0.5, 0.6) is 0 Å². The topological polar surface area (TPSA) is 176 Å². The third-order valence-corrected chi connectivity index (χ3v) is 12.5. The molecule has 22 heteroatoms. The summed E-state index contributed by atoms with van der Waals surface area (Å²) in [5.41, 5.74) is 0. The molecule has 0 aliphatic carbocycles. The standard InChI is InChI=1S/C43H72Cl6O14S2/c1-4-6-8-10-12-14-16-18-20-22-24-26-28-30-36(50)57-32-35-38(62-64(52,53)58-33-42(44,45)46)39(63-65(54,55)59-34-43(47,48)49)40(41(56-3)60-35)61-37(51)31-29-27-25-23-21-19-17-15-13-11-9-7-5-2/h28-31,35,38-41H,4-27,32-34H2,1-3H3/b30-28+,31-29+/t35-,38+,39+,40-,41+/m1/s1. The van der Waals surface area contributed by atoms with Crippen molar-refractivity contribution in [2.75, 3.05) is 26.9 Å². The molecule has 382 valence electrons. The van der Waals surface area contributed by atoms with Crippen LogP contribution in [0.3, 0.4) is 0 Å². The molecule has 0 amide bonds. The molecule has 0 aromatic carbocycles. The fourth-order valence-electron chi connectivity index (χ4n) is 6.76. The van der Waals surface area contributed by atoms with Gasteiger partial charge in [0, 0.05) is 19.3 Å². The normalized spacial score (nSPS) is 19.9. The number of halogens is 6. The van der Waals surface area contributed by atoms with Crippen molar-refractivity contribution in [1.29, 1.82) is 0 Å². The van der Waals surface area contributed by atoms with Gasteiger partial charge >= 0.3 is 32.7 Å². The van der Waals surface area contributed by atoms with Crippen molar-refractivity contribution in [3.05, 3.63) is 24.3 Å². The minimum absolute atomic E-state index is 0.534. The van der Waals surface area contributed by atoms with Gasteiger partial charge in [-0.1, -0.05) is 224 Å². The van der Waals surface area contributed by atoms with Crippen LogP contribution < -0.4 is 0 Å². The van der Waals surface area contributed by atoms with Gasteiger partial charge in [0.05, 0.1) is 0 Å². The van der Waals surface area contributed by atoms with Crippen molar-refractivity contribution < 1.29 is 62.1 Å². The lowest BCUT2D eigenvalue weighted by Crippen LogP contribution is -2.63. The van der Waals surface area contributed by atoms with E-state index in [1.54, 1.807) is 12.2 Å². The van der Waals surface area contributed by atoms with E-state index in [4.69, 9.17) is 105 Å². The summed E-state index contributed by atoms with van der Waals surface area (Å²) in [7, 11) is -9.33. The zero-order chi connectivity index (χ0) is 48.6. The van der Waals surface area contributed by atoms with E-state index in [0.29, 0.717) is 12.8 Å². The van der Waals surface area contributed by atoms with Crippen molar-refractivity contribution in [1.82, 2.24) is 0 Å². The number of carbonyl (C=O) groups excluding carboxylic acids is 2. The van der Waals surface area contributed by atoms with Crippen LogP contribution in [0.4, 0.5) is 0 Å². The van der Waals surface area contributed by atoms with Crippen LogP contribution in [0, 0.1) is 0 Å². The van der Waals surface area contributed by atoms with Gasteiger partial charge in [-0.15, -0.1) is 0 Å². The Morgan fingerprint density at radius 3 is 1.29 bits per heavy atom. The molecule has 0 aromatic heterocycles. The molecule has 1 aliphatic heterocycles. The van der Waals surface area contributed by atoms with Gasteiger partial charge in [0.1, 0.15) is 32.0 Å². The van der Waals surface area contributed by atoms with Gasteiger partial charge < -0.3 is 18.9 Å². The maximum absolute atomic E-state index is 13.2. The molecule has 0 radical (unpaired) electrons. The Balaban J connectivity index is 3.14. The minimum Gasteiger partial charge on any atom is -0.460 e. The molecule has 0 spiro atoms. The van der Waals surface area contributed by atoms with Crippen LogP contribution >= 0.6 is 69.6 Å². The highest BCUT2D eigenvalue weighted by molar-refractivity contribution is 7.82. The quantitative estimate of drug-likeness (QED) is 0.0247. The number of esters is 2. The summed E-state index contributed by atoms with van der Waals surface area (Å²) < 4.78 is 90.3. The monoisotopic (exact) mass is 1090 g/mol. The zero-order valence-electron chi connectivity index (χ0n) is 38.1. The summed E-state index contributed by atoms with van der Waals surface area (Å²) in [4.78, 5) is 26.0. The first-order chi connectivity index (χ1) is 30.7. The van der Waals surface area contributed by atoms with Crippen LogP contribution in [0.2, 0.25) is 0 Å². The number of rotatable bonds is 38. The first-order valence-electron chi connectivity index (χ1n) is 22.9. The zero-order valence-corrected chi connectivity index (χ0v) is 44.3. The van der Waals surface area contributed by atoms with Crippen molar-refractivity contribution in [2.45, 2.75) is 206 Å². The number of hydrogen-bond donors (Lipinski definition) is 0. The lowest BCUT2D eigenvalue weighted by Gasteiger charge is -2.43. The SMILES string of the molecule is CCCCCCCCCCCCC/C=C/C(=O)OC[C@H]1O[C@H](OC)[C@H](OC(=O)/C=C/CCCCCCCCCCCCC)[C@@H](OS(=O)(=O)OCC(Cl)(Cl)Cl)[C@H]1OS(=O)(=O)OCC(Cl)(Cl)Cl. The maximum atomic E-state index is 13.2. The van der Waals surface area contributed by atoms with Gasteiger partial charge in [0.25, 0.3) is 0 Å². The Morgan fingerprint density at radius 2 is 0.908 bits per heavy atom. The van der Waals surface area contributed by atoms with E-state index in [2.05, 4.69) is 13.8 Å². The van der Waals surface area contributed by atoms with E-state index in [9.17, 15) is 26.4 Å². The van der Waals surface area contributed by atoms with E-state index in [1.807, 2.05) is 0 Å². The number of methoxy groups -OCH3 is 1. The average Bonchev–Trinajstić information content (AvgIpc) is 3.23. The molecule has 1 aliphatic rings. The van der Waals surface area contributed by atoms with Crippen molar-refractivity contribution >= 4 is 102 Å². The number of ether oxygens (including phenoxy) is 4. The third-order valence-electron chi connectivity index (χ3n) is 10.1. The molecule has 1 saturated heterocycles. The van der Waals surface area contributed by atoms with E-state index in [0.717, 1.165) is 64.6 Å². The Bertz CT molecular complexity index is 1560. The van der Waals surface area contributed by atoms with E-state index >= 15 is 0 Å². The van der Waals surface area contributed by atoms with Gasteiger partial charge in [0.15, 0.2) is 18.5 Å². The molecule has 5 atom stereocenters. The smallest absolute Gasteiger partial charge is 0.400 e. The van der Waals surface area contributed by atoms with E-state index in [1.165, 1.54) is 96.0 Å². The molecule has 65 heavy (non-hydrogen) atoms. The third kappa shape index (κ3) is 33.9. The molecule has 0 unspecified atom stereocenters. The first kappa shape index (κ1) is 62.8. The molecule has 0 bridgehead atoms. The van der Waals surface area contributed by atoms with Gasteiger partial charge in [-0.25, -0.2) is 26.3 Å². The van der Waals surface area contributed by atoms with Crippen molar-refractivity contribution in [3.63, 3.8) is 0 Å². The van der Waals surface area contributed by atoms with E-state index in [-0.39, 0.29) is 0 Å². The molecule has 1 rings (SSSR count). The second-order valence-corrected chi connectivity index (χ2v) is 23.5. The molecule has 0 aromatic rings. The molecule has 0 N–H and O–H groups in total. The van der Waals surface area contributed by atoms with Gasteiger partial charge in [0.2, 0.25) is 7.59 Å². The first-order valence-corrected chi connectivity index (χ1v) is 27.8. The average molecular weight is 1090 g/mol. The van der Waals surface area contributed by atoms with Crippen LogP contribution in [-0.2, 0) is 66.1 Å². The summed E-state index contributed by atoms with van der Waals surface area (Å²) >= 11 is 34.2. The maximum Gasteiger partial charge on any atom is 0.400 e. The highest BCUT2D eigenvalue weighted by atomic mass is 35.6. The predicted octanol–water partition coefficient (Wildman–Crippen LogP) is 12.4. The summed E-state index contributed by atoms with van der Waals surface area (Å²) in [6.45, 7) is 1.55. The molecular weight excluding hydrogens is 1020 g/mol. The number of alkyl halides is 6. The second-order valence-electron chi connectivity index (χ2n) is 16.0. The number of unbranched alkanes of at least 4 members (excludes halogenated alkanes) is 22. The van der Waals surface area contributed by atoms with Crippen LogP contribution in [0.25, 0.3) is 0 Å². The van der Waals surface area contributed by atoms with Crippen molar-refractivity contribution in [3.8, 4) is 0 Å². The van der Waals surface area contributed by atoms with Gasteiger partial charge in [-0.2, -0.15) is 16.8 Å². The lowest BCUT2D eigenvalue weighted by molar-refractivity contribution is -0.290. The lowest BCUT2D eigenvalue weighted by atomic mass is 9.99. The minimum atomic E-state index is -5.24. The molecule has 0 saturated carbocycles. The Hall–Kier alpha value is -0.180. The largest absolute Gasteiger partial charge is 0.460 e. The van der Waals surface area contributed by atoms with Crippen LogP contribution in [-0.4, -0.2) is 94.0 Å². The Morgan fingerprint density at radius 1 is 0.538 bits per heavy atom. The fourth-order valence-corrected chi connectivity index (χ4v) is 9.22. The summed E-state index contributed by atoms with van der Waals surface area (Å²) in [5.74, 6) is -1.84. The number of carbonyl (C=O) groups is 2. The van der Waals surface area contributed by atoms with Crippen molar-refractivity contribution in [2.24, 2.45) is 0 Å². The molecule has 1 heterocycles. The molecule has 14 nitrogen and oxygen atoms in total. The predicted molar refractivity (Wildman–Crippen MR) is 257 cm³/mol.